The summed E-state index contributed by atoms with van der Waals surface area (Å²) in [6, 6.07) is 14.2. The molecule has 0 N–H and O–H groups in total. The van der Waals surface area contributed by atoms with E-state index in [9.17, 15) is 0 Å². The van der Waals surface area contributed by atoms with Crippen molar-refractivity contribution in [3.05, 3.63) is 59.1 Å². The van der Waals surface area contributed by atoms with Gasteiger partial charge in [-0.05, 0) is 42.8 Å². The van der Waals surface area contributed by atoms with Crippen LogP contribution < -0.4 is 0 Å². The van der Waals surface area contributed by atoms with Crippen molar-refractivity contribution < 1.29 is 9.15 Å². The smallest absolute Gasteiger partial charge is 0.199 e. The first kappa shape index (κ1) is 18.2. The summed E-state index contributed by atoms with van der Waals surface area (Å²) in [5, 5.41) is 4.71. The number of hydrogen-bond donors (Lipinski definition) is 0. The van der Waals surface area contributed by atoms with Crippen molar-refractivity contribution in [3.8, 4) is 11.6 Å². The first-order valence-corrected chi connectivity index (χ1v) is 9.67. The van der Waals surface area contributed by atoms with Crippen LogP contribution >= 0.6 is 12.2 Å². The third-order valence-corrected chi connectivity index (χ3v) is 5.34. The highest BCUT2D eigenvalue weighted by molar-refractivity contribution is 7.71. The fourth-order valence-corrected chi connectivity index (χ4v) is 3.67. The minimum absolute atomic E-state index is 0.274. The zero-order chi connectivity index (χ0) is 18.6. The molecule has 0 bridgehead atoms. The van der Waals surface area contributed by atoms with Gasteiger partial charge >= 0.3 is 0 Å². The first-order valence-electron chi connectivity index (χ1n) is 9.26. The molecule has 1 aromatic carbocycles. The Morgan fingerprint density at radius 2 is 2.07 bits per heavy atom. The van der Waals surface area contributed by atoms with Gasteiger partial charge in [0.1, 0.15) is 0 Å². The number of aromatic nitrogens is 3. The van der Waals surface area contributed by atoms with Crippen LogP contribution in [-0.2, 0) is 25.0 Å². The Morgan fingerprint density at radius 1 is 1.22 bits per heavy atom. The van der Waals surface area contributed by atoms with E-state index in [4.69, 9.17) is 26.5 Å². The van der Waals surface area contributed by atoms with Crippen LogP contribution in [0.2, 0.25) is 0 Å². The maximum absolute atomic E-state index is 5.86. The fraction of sp³-hybridized carbons (Fsp3) is 0.400. The zero-order valence-corrected chi connectivity index (χ0v) is 16.3. The van der Waals surface area contributed by atoms with E-state index in [1.807, 2.05) is 34.5 Å². The lowest BCUT2D eigenvalue weighted by atomic mass is 10.2. The van der Waals surface area contributed by atoms with Crippen molar-refractivity contribution in [2.45, 2.75) is 32.2 Å². The Hall–Kier alpha value is -2.22. The third kappa shape index (κ3) is 4.21. The van der Waals surface area contributed by atoms with Gasteiger partial charge in [0.25, 0.3) is 0 Å². The van der Waals surface area contributed by atoms with Crippen LogP contribution in [0.1, 0.15) is 18.4 Å². The van der Waals surface area contributed by atoms with Crippen molar-refractivity contribution in [1.29, 1.82) is 0 Å². The van der Waals surface area contributed by atoms with Gasteiger partial charge in [0, 0.05) is 26.7 Å². The molecule has 0 amide bonds. The highest BCUT2D eigenvalue weighted by atomic mass is 32.1. The number of ether oxygens (including phenoxy) is 1. The van der Waals surface area contributed by atoms with Gasteiger partial charge in [-0.15, -0.1) is 5.10 Å². The van der Waals surface area contributed by atoms with Gasteiger partial charge in [-0.3, -0.25) is 4.90 Å². The van der Waals surface area contributed by atoms with Crippen molar-refractivity contribution >= 4 is 12.2 Å². The van der Waals surface area contributed by atoms with E-state index in [0.29, 0.717) is 11.4 Å². The molecule has 1 fully saturated rings. The van der Waals surface area contributed by atoms with E-state index < -0.39 is 0 Å². The molecule has 0 radical (unpaired) electrons. The topological polar surface area (TPSA) is 48.4 Å². The minimum atomic E-state index is 0.274. The molecule has 0 saturated carbocycles. The van der Waals surface area contributed by atoms with Crippen molar-refractivity contribution in [1.82, 2.24) is 19.2 Å². The average Bonchev–Trinajstić information content (AvgIpc) is 3.42. The van der Waals surface area contributed by atoms with Gasteiger partial charge in [0.2, 0.25) is 0 Å². The second-order valence-electron chi connectivity index (χ2n) is 6.92. The molecule has 27 heavy (non-hydrogen) atoms. The second-order valence-corrected chi connectivity index (χ2v) is 7.28. The van der Waals surface area contributed by atoms with Crippen molar-refractivity contribution in [3.63, 3.8) is 0 Å². The molecule has 1 aliphatic rings. The quantitative estimate of drug-likeness (QED) is 0.579. The molecule has 6 nitrogen and oxygen atoms in total. The average molecular weight is 385 g/mol. The standard InChI is InChI=1S/C20H24N4O2S/c1-22-19(18-10-6-12-26-18)21-24(20(22)27)15-23(14-17-9-5-11-25-17)13-16-7-3-2-4-8-16/h2-4,6-8,10,12,17H,5,9,11,13-15H2,1H3. The summed E-state index contributed by atoms with van der Waals surface area (Å²) >= 11 is 5.62. The number of rotatable bonds is 7. The molecule has 1 unspecified atom stereocenters. The lowest BCUT2D eigenvalue weighted by Gasteiger charge is -2.25. The fourth-order valence-electron chi connectivity index (χ4n) is 3.48. The molecule has 1 atom stereocenters. The molecule has 3 heterocycles. The first-order chi connectivity index (χ1) is 13.2. The van der Waals surface area contributed by atoms with Crippen LogP contribution in [0.4, 0.5) is 0 Å². The third-order valence-electron chi connectivity index (χ3n) is 4.85. The number of benzene rings is 1. The predicted octanol–water partition coefficient (Wildman–Crippen LogP) is 3.85. The highest BCUT2D eigenvalue weighted by Gasteiger charge is 2.21. The minimum Gasteiger partial charge on any atom is -0.461 e. The Kier molecular flexibility index (Phi) is 5.52. The molecule has 142 valence electrons. The number of nitrogens with zero attached hydrogens (tertiary/aromatic N) is 4. The molecule has 3 aromatic rings. The predicted molar refractivity (Wildman–Crippen MR) is 106 cm³/mol. The summed E-state index contributed by atoms with van der Waals surface area (Å²) < 4.78 is 15.8. The van der Waals surface area contributed by atoms with Gasteiger partial charge in [0.05, 0.1) is 19.0 Å². The van der Waals surface area contributed by atoms with E-state index in [1.54, 1.807) is 6.26 Å². The largest absolute Gasteiger partial charge is 0.461 e. The van der Waals surface area contributed by atoms with Crippen LogP contribution in [0.15, 0.2) is 53.1 Å². The molecule has 1 saturated heterocycles. The molecule has 4 rings (SSSR count). The van der Waals surface area contributed by atoms with Crippen molar-refractivity contribution in [2.24, 2.45) is 7.05 Å². The number of hydrogen-bond acceptors (Lipinski definition) is 5. The van der Waals surface area contributed by atoms with E-state index in [0.717, 1.165) is 44.1 Å². The molecule has 0 aliphatic carbocycles. The molecule has 2 aromatic heterocycles. The number of furan rings is 1. The van der Waals surface area contributed by atoms with E-state index in [-0.39, 0.29) is 6.10 Å². The van der Waals surface area contributed by atoms with Gasteiger partial charge in [0.15, 0.2) is 16.4 Å². The molecule has 0 spiro atoms. The lowest BCUT2D eigenvalue weighted by Crippen LogP contribution is -2.34. The Labute approximate surface area is 164 Å². The van der Waals surface area contributed by atoms with E-state index in [1.165, 1.54) is 5.56 Å². The monoisotopic (exact) mass is 384 g/mol. The Bertz CT molecular complexity index is 911. The van der Waals surface area contributed by atoms with Crippen LogP contribution in [0, 0.1) is 4.77 Å². The molecule has 7 heteroatoms. The molecular formula is C20H24N4O2S. The molecule has 1 aliphatic heterocycles. The summed E-state index contributed by atoms with van der Waals surface area (Å²) in [4.78, 5) is 2.35. The Balaban J connectivity index is 1.57. The van der Waals surface area contributed by atoms with E-state index in [2.05, 4.69) is 29.2 Å². The highest BCUT2D eigenvalue weighted by Crippen LogP contribution is 2.19. The maximum atomic E-state index is 5.86. The SMILES string of the molecule is Cn1c(-c2ccco2)nn(CN(Cc2ccccc2)CC2CCCO2)c1=S. The van der Waals surface area contributed by atoms with Crippen LogP contribution in [0.5, 0.6) is 0 Å². The van der Waals surface area contributed by atoms with E-state index >= 15 is 0 Å². The summed E-state index contributed by atoms with van der Waals surface area (Å²) in [7, 11) is 1.92. The molecular weight excluding hydrogens is 360 g/mol. The summed E-state index contributed by atoms with van der Waals surface area (Å²) in [6.45, 7) is 3.16. The lowest BCUT2D eigenvalue weighted by molar-refractivity contribution is 0.0567. The second kappa shape index (κ2) is 8.21. The summed E-state index contributed by atoms with van der Waals surface area (Å²) in [5.41, 5.74) is 1.27. The Morgan fingerprint density at radius 3 is 2.78 bits per heavy atom. The zero-order valence-electron chi connectivity index (χ0n) is 15.5. The van der Waals surface area contributed by atoms with Gasteiger partial charge in [-0.1, -0.05) is 30.3 Å². The summed E-state index contributed by atoms with van der Waals surface area (Å²) in [6.07, 6.45) is 4.17. The van der Waals surface area contributed by atoms with Crippen LogP contribution in [-0.4, -0.2) is 38.5 Å². The van der Waals surface area contributed by atoms with Crippen LogP contribution in [0.25, 0.3) is 11.6 Å². The maximum Gasteiger partial charge on any atom is 0.199 e. The normalized spacial score (nSPS) is 17.0. The summed E-state index contributed by atoms with van der Waals surface area (Å²) in [5.74, 6) is 1.46. The van der Waals surface area contributed by atoms with Gasteiger partial charge < -0.3 is 13.7 Å². The van der Waals surface area contributed by atoms with Gasteiger partial charge in [-0.25, -0.2) is 4.68 Å². The van der Waals surface area contributed by atoms with Crippen LogP contribution in [0.3, 0.4) is 0 Å². The van der Waals surface area contributed by atoms with Gasteiger partial charge in [-0.2, -0.15) is 0 Å². The van der Waals surface area contributed by atoms with Crippen molar-refractivity contribution in [2.75, 3.05) is 13.2 Å².